The minimum Gasteiger partial charge on any atom is -0.467 e. The standard InChI is InChI=1S/C16H19FN2O2S/c1-11(19-8-7-16(17,10-19)15(20)21-2)9-14-18-12-5-3-4-6-13(12)22-14/h3-6,11H,7-10H2,1-2H3/t11-,16-/m1/s1. The molecule has 0 bridgehead atoms. The van der Waals surface area contributed by atoms with Crippen LogP contribution < -0.4 is 0 Å². The number of hydrogen-bond donors (Lipinski definition) is 0. The highest BCUT2D eigenvalue weighted by atomic mass is 32.1. The summed E-state index contributed by atoms with van der Waals surface area (Å²) in [7, 11) is 1.23. The number of para-hydroxylation sites is 1. The van der Waals surface area contributed by atoms with Crippen LogP contribution in [-0.4, -0.2) is 47.8 Å². The van der Waals surface area contributed by atoms with Crippen LogP contribution in [0.1, 0.15) is 18.4 Å². The van der Waals surface area contributed by atoms with Crippen LogP contribution >= 0.6 is 11.3 Å². The third-order valence-electron chi connectivity index (χ3n) is 4.23. The molecule has 0 unspecified atom stereocenters. The van der Waals surface area contributed by atoms with Crippen molar-refractivity contribution in [2.24, 2.45) is 0 Å². The molecule has 22 heavy (non-hydrogen) atoms. The summed E-state index contributed by atoms with van der Waals surface area (Å²) < 4.78 is 20.2. The maximum Gasteiger partial charge on any atom is 0.345 e. The molecule has 2 heterocycles. The van der Waals surface area contributed by atoms with Crippen LogP contribution in [0.5, 0.6) is 0 Å². The number of likely N-dealkylation sites (tertiary alicyclic amines) is 1. The van der Waals surface area contributed by atoms with E-state index in [1.54, 1.807) is 11.3 Å². The number of hydrogen-bond acceptors (Lipinski definition) is 5. The Morgan fingerprint density at radius 1 is 1.55 bits per heavy atom. The number of thiazole rings is 1. The van der Waals surface area contributed by atoms with Crippen LogP contribution in [0.15, 0.2) is 24.3 Å². The van der Waals surface area contributed by atoms with Crippen molar-refractivity contribution < 1.29 is 13.9 Å². The summed E-state index contributed by atoms with van der Waals surface area (Å²) in [5.74, 6) is -0.762. The topological polar surface area (TPSA) is 42.4 Å². The number of carbonyl (C=O) groups is 1. The molecule has 0 aliphatic carbocycles. The quantitative estimate of drug-likeness (QED) is 0.812. The van der Waals surface area contributed by atoms with Crippen LogP contribution in [0.4, 0.5) is 4.39 Å². The first-order valence-corrected chi connectivity index (χ1v) is 8.19. The maximum atomic E-state index is 14.5. The molecule has 4 nitrogen and oxygen atoms in total. The van der Waals surface area contributed by atoms with Gasteiger partial charge in [0.1, 0.15) is 0 Å². The number of esters is 1. The molecule has 2 aromatic rings. The molecule has 0 radical (unpaired) electrons. The number of rotatable bonds is 4. The lowest BCUT2D eigenvalue weighted by molar-refractivity contribution is -0.153. The van der Waals surface area contributed by atoms with Crippen molar-refractivity contribution >= 4 is 27.5 Å². The Balaban J connectivity index is 1.67. The van der Waals surface area contributed by atoms with Crippen LogP contribution in [0.25, 0.3) is 10.2 Å². The molecule has 2 atom stereocenters. The van der Waals surface area contributed by atoms with Gasteiger partial charge in [-0.25, -0.2) is 14.2 Å². The number of methoxy groups -OCH3 is 1. The Kier molecular flexibility index (Phi) is 4.14. The van der Waals surface area contributed by atoms with Crippen molar-refractivity contribution in [3.8, 4) is 0 Å². The van der Waals surface area contributed by atoms with E-state index in [-0.39, 0.29) is 19.0 Å². The van der Waals surface area contributed by atoms with Crippen LogP contribution in [0.3, 0.4) is 0 Å². The van der Waals surface area contributed by atoms with E-state index in [4.69, 9.17) is 0 Å². The summed E-state index contributed by atoms with van der Waals surface area (Å²) in [6, 6.07) is 8.18. The van der Waals surface area contributed by atoms with Gasteiger partial charge < -0.3 is 4.74 Å². The van der Waals surface area contributed by atoms with Crippen LogP contribution in [-0.2, 0) is 16.0 Å². The third-order valence-corrected chi connectivity index (χ3v) is 5.29. The van der Waals surface area contributed by atoms with Crippen molar-refractivity contribution in [1.29, 1.82) is 0 Å². The zero-order chi connectivity index (χ0) is 15.7. The number of benzene rings is 1. The van der Waals surface area contributed by atoms with E-state index >= 15 is 0 Å². The molecular weight excluding hydrogens is 303 g/mol. The Hall–Kier alpha value is -1.53. The number of ether oxygens (including phenoxy) is 1. The largest absolute Gasteiger partial charge is 0.467 e. The SMILES string of the molecule is COC(=O)[C@@]1(F)CCN([C@H](C)Cc2nc3ccccc3s2)C1. The highest BCUT2D eigenvalue weighted by Crippen LogP contribution is 2.30. The number of halogens is 1. The van der Waals surface area contributed by atoms with E-state index in [1.807, 2.05) is 23.1 Å². The van der Waals surface area contributed by atoms with Gasteiger partial charge in [0, 0.05) is 32.0 Å². The maximum absolute atomic E-state index is 14.5. The molecule has 0 saturated carbocycles. The molecule has 1 aromatic heterocycles. The van der Waals surface area contributed by atoms with Gasteiger partial charge in [-0.05, 0) is 19.1 Å². The first kappa shape index (κ1) is 15.4. The van der Waals surface area contributed by atoms with E-state index in [2.05, 4.69) is 22.7 Å². The smallest absolute Gasteiger partial charge is 0.345 e. The molecule has 0 amide bonds. The average Bonchev–Trinajstić information content (AvgIpc) is 3.10. The Morgan fingerprint density at radius 3 is 3.05 bits per heavy atom. The first-order valence-electron chi connectivity index (χ1n) is 7.38. The normalized spacial score (nSPS) is 23.8. The number of aromatic nitrogens is 1. The molecule has 1 saturated heterocycles. The predicted molar refractivity (Wildman–Crippen MR) is 84.8 cm³/mol. The predicted octanol–water partition coefficient (Wildman–Crippen LogP) is 2.81. The van der Waals surface area contributed by atoms with Gasteiger partial charge in [0.2, 0.25) is 5.67 Å². The van der Waals surface area contributed by atoms with Gasteiger partial charge in [0.15, 0.2) is 0 Å². The molecule has 0 N–H and O–H groups in total. The molecular formula is C16H19FN2O2S. The molecule has 1 aliphatic rings. The Morgan fingerprint density at radius 2 is 2.32 bits per heavy atom. The zero-order valence-electron chi connectivity index (χ0n) is 12.7. The number of fused-ring (bicyclic) bond motifs is 1. The lowest BCUT2D eigenvalue weighted by Crippen LogP contribution is -2.41. The van der Waals surface area contributed by atoms with E-state index < -0.39 is 11.6 Å². The summed E-state index contributed by atoms with van der Waals surface area (Å²) in [5.41, 5.74) is -0.859. The third kappa shape index (κ3) is 2.85. The highest BCUT2D eigenvalue weighted by Gasteiger charge is 2.47. The van der Waals surface area contributed by atoms with E-state index in [1.165, 1.54) is 11.8 Å². The fraction of sp³-hybridized carbons (Fsp3) is 0.500. The summed E-state index contributed by atoms with van der Waals surface area (Å²) in [5, 5.41) is 1.04. The van der Waals surface area contributed by atoms with Gasteiger partial charge in [-0.1, -0.05) is 12.1 Å². The lowest BCUT2D eigenvalue weighted by Gasteiger charge is -2.24. The van der Waals surface area contributed by atoms with Crippen molar-refractivity contribution in [3.63, 3.8) is 0 Å². The van der Waals surface area contributed by atoms with Gasteiger partial charge in [-0.15, -0.1) is 11.3 Å². The van der Waals surface area contributed by atoms with Crippen molar-refractivity contribution in [1.82, 2.24) is 9.88 Å². The Bertz CT molecular complexity index is 657. The zero-order valence-corrected chi connectivity index (χ0v) is 13.5. The monoisotopic (exact) mass is 322 g/mol. The van der Waals surface area contributed by atoms with Crippen molar-refractivity contribution in [2.75, 3.05) is 20.2 Å². The second kappa shape index (κ2) is 5.93. The molecule has 1 aliphatic heterocycles. The first-order chi connectivity index (χ1) is 10.5. The van der Waals surface area contributed by atoms with Crippen molar-refractivity contribution in [3.05, 3.63) is 29.3 Å². The number of alkyl halides is 1. The number of carbonyl (C=O) groups excluding carboxylic acids is 1. The molecule has 3 rings (SSSR count). The second-order valence-corrected chi connectivity index (χ2v) is 6.92. The van der Waals surface area contributed by atoms with E-state index in [0.717, 1.165) is 16.9 Å². The van der Waals surface area contributed by atoms with Crippen LogP contribution in [0, 0.1) is 0 Å². The molecule has 6 heteroatoms. The second-order valence-electron chi connectivity index (χ2n) is 5.81. The molecule has 1 aromatic carbocycles. The lowest BCUT2D eigenvalue weighted by atomic mass is 10.1. The Labute approximate surface area is 132 Å². The van der Waals surface area contributed by atoms with Gasteiger partial charge in [0.25, 0.3) is 0 Å². The summed E-state index contributed by atoms with van der Waals surface area (Å²) in [6.45, 7) is 2.72. The van der Waals surface area contributed by atoms with Crippen LogP contribution in [0.2, 0.25) is 0 Å². The molecule has 1 fully saturated rings. The van der Waals surface area contributed by atoms with Gasteiger partial charge in [0.05, 0.1) is 22.3 Å². The summed E-state index contributed by atoms with van der Waals surface area (Å²) in [4.78, 5) is 18.2. The van der Waals surface area contributed by atoms with Gasteiger partial charge >= 0.3 is 5.97 Å². The summed E-state index contributed by atoms with van der Waals surface area (Å²) in [6.07, 6.45) is 0.959. The van der Waals surface area contributed by atoms with E-state index in [0.29, 0.717) is 6.54 Å². The molecule has 0 spiro atoms. The number of nitrogens with zero attached hydrogens (tertiary/aromatic N) is 2. The van der Waals surface area contributed by atoms with Gasteiger partial charge in [-0.2, -0.15) is 0 Å². The van der Waals surface area contributed by atoms with Crippen molar-refractivity contribution in [2.45, 2.75) is 31.5 Å². The highest BCUT2D eigenvalue weighted by molar-refractivity contribution is 7.18. The fourth-order valence-corrected chi connectivity index (χ4v) is 4.00. The van der Waals surface area contributed by atoms with E-state index in [9.17, 15) is 9.18 Å². The molecule has 118 valence electrons. The summed E-state index contributed by atoms with van der Waals surface area (Å²) >= 11 is 1.67. The van der Waals surface area contributed by atoms with Gasteiger partial charge in [-0.3, -0.25) is 4.90 Å². The fourth-order valence-electron chi connectivity index (χ4n) is 2.92. The minimum absolute atomic E-state index is 0.103. The minimum atomic E-state index is -1.86. The average molecular weight is 322 g/mol.